The summed E-state index contributed by atoms with van der Waals surface area (Å²) in [6, 6.07) is 0. The molecule has 0 radical (unpaired) electrons. The molecule has 0 aliphatic carbocycles. The van der Waals surface area contributed by atoms with Gasteiger partial charge in [0, 0.05) is 32.7 Å². The molecule has 7 nitrogen and oxygen atoms in total. The molecule has 2 N–H and O–H groups in total. The molecule has 124 valence electrons. The topological polar surface area (TPSA) is 76.4 Å². The lowest BCUT2D eigenvalue weighted by molar-refractivity contribution is 0.114. The number of guanidine groups is 1. The van der Waals surface area contributed by atoms with Crippen molar-refractivity contribution in [3.05, 3.63) is 11.6 Å². The van der Waals surface area contributed by atoms with Crippen LogP contribution in [-0.4, -0.2) is 46.5 Å². The zero-order valence-electron chi connectivity index (χ0n) is 13.0. The fraction of sp³-hybridized carbons (Fsp3) is 0.786. The fourth-order valence-corrected chi connectivity index (χ4v) is 2.84. The van der Waals surface area contributed by atoms with Crippen molar-refractivity contribution in [2.45, 2.75) is 51.8 Å². The molecule has 2 aliphatic rings. The lowest BCUT2D eigenvalue weighted by Crippen LogP contribution is -2.41. The number of fused-ring (bicyclic) bond motifs is 1. The number of aromatic nitrogens is 3. The van der Waals surface area contributed by atoms with Crippen LogP contribution in [0.4, 0.5) is 0 Å². The summed E-state index contributed by atoms with van der Waals surface area (Å²) in [5.74, 6) is 2.87. The molecule has 0 bridgehead atoms. The molecule has 1 unspecified atom stereocenters. The molecule has 1 fully saturated rings. The van der Waals surface area contributed by atoms with Gasteiger partial charge in [0.1, 0.15) is 12.4 Å². The molecule has 1 aromatic heterocycles. The first kappa shape index (κ1) is 17.5. The van der Waals surface area contributed by atoms with E-state index in [4.69, 9.17) is 4.74 Å². The zero-order valence-corrected chi connectivity index (χ0v) is 15.4. The van der Waals surface area contributed by atoms with Crippen molar-refractivity contribution in [2.24, 2.45) is 4.99 Å². The number of aliphatic imine (C=N–C) groups is 1. The zero-order chi connectivity index (χ0) is 14.5. The molecule has 0 spiro atoms. The van der Waals surface area contributed by atoms with Gasteiger partial charge in [-0.2, -0.15) is 0 Å². The first-order valence-corrected chi connectivity index (χ1v) is 7.91. The van der Waals surface area contributed by atoms with Gasteiger partial charge in [0.05, 0.1) is 6.10 Å². The fourth-order valence-electron chi connectivity index (χ4n) is 2.84. The molecule has 8 heteroatoms. The molecule has 1 saturated heterocycles. The Hall–Kier alpha value is -0.900. The van der Waals surface area contributed by atoms with Gasteiger partial charge in [-0.05, 0) is 26.2 Å². The van der Waals surface area contributed by atoms with Crippen molar-refractivity contribution in [3.63, 3.8) is 0 Å². The number of hydrogen-bond acceptors (Lipinski definition) is 4. The lowest BCUT2D eigenvalue weighted by atomic mass is 10.2. The molecule has 2 aliphatic heterocycles. The maximum Gasteiger partial charge on any atom is 0.191 e. The molecule has 3 heterocycles. The van der Waals surface area contributed by atoms with Gasteiger partial charge in [0.2, 0.25) is 0 Å². The van der Waals surface area contributed by atoms with Gasteiger partial charge in [0.15, 0.2) is 11.8 Å². The Morgan fingerprint density at radius 1 is 1.36 bits per heavy atom. The second kappa shape index (κ2) is 8.66. The Labute approximate surface area is 148 Å². The smallest absolute Gasteiger partial charge is 0.191 e. The van der Waals surface area contributed by atoms with Crippen LogP contribution in [0, 0.1) is 0 Å². The Morgan fingerprint density at radius 3 is 3.05 bits per heavy atom. The summed E-state index contributed by atoms with van der Waals surface area (Å²) >= 11 is 0. The molecular formula is C14H25IN6O. The van der Waals surface area contributed by atoms with Crippen molar-refractivity contribution >= 4 is 29.9 Å². The predicted molar refractivity (Wildman–Crippen MR) is 95.6 cm³/mol. The monoisotopic (exact) mass is 420 g/mol. The maximum absolute atomic E-state index is 5.62. The highest BCUT2D eigenvalue weighted by Crippen LogP contribution is 2.14. The predicted octanol–water partition coefficient (Wildman–Crippen LogP) is 1.08. The minimum absolute atomic E-state index is 0. The summed E-state index contributed by atoms with van der Waals surface area (Å²) < 4.78 is 7.81. The van der Waals surface area contributed by atoms with Gasteiger partial charge in [-0.3, -0.25) is 0 Å². The highest BCUT2D eigenvalue weighted by molar-refractivity contribution is 14.0. The van der Waals surface area contributed by atoms with E-state index < -0.39 is 0 Å². The molecule has 22 heavy (non-hydrogen) atoms. The largest absolute Gasteiger partial charge is 0.376 e. The average molecular weight is 420 g/mol. The van der Waals surface area contributed by atoms with Gasteiger partial charge in [-0.1, -0.05) is 0 Å². The Bertz CT molecular complexity index is 498. The summed E-state index contributed by atoms with van der Waals surface area (Å²) in [6.07, 6.45) is 4.80. The maximum atomic E-state index is 5.62. The van der Waals surface area contributed by atoms with Crippen molar-refractivity contribution in [1.82, 2.24) is 25.4 Å². The minimum Gasteiger partial charge on any atom is -0.376 e. The van der Waals surface area contributed by atoms with Gasteiger partial charge in [-0.25, -0.2) is 4.99 Å². The number of ether oxygens (including phenoxy) is 1. The van der Waals surface area contributed by atoms with Crippen LogP contribution in [0.25, 0.3) is 0 Å². The average Bonchev–Trinajstić information content (AvgIpc) is 3.19. The standard InChI is InChI=1S/C14H24N6O.HI/c1-2-15-14(16-9-11-5-4-8-21-11)17-10-13-19-18-12-6-3-7-20(12)13;/h11H,2-10H2,1H3,(H2,15,16,17);1H. The van der Waals surface area contributed by atoms with Crippen molar-refractivity contribution in [2.75, 3.05) is 19.7 Å². The third kappa shape index (κ3) is 4.31. The van der Waals surface area contributed by atoms with E-state index in [-0.39, 0.29) is 24.0 Å². The van der Waals surface area contributed by atoms with Crippen molar-refractivity contribution < 1.29 is 4.74 Å². The van der Waals surface area contributed by atoms with E-state index in [9.17, 15) is 0 Å². The molecule has 1 atom stereocenters. The summed E-state index contributed by atoms with van der Waals surface area (Å²) in [7, 11) is 0. The Morgan fingerprint density at radius 2 is 2.27 bits per heavy atom. The van der Waals surface area contributed by atoms with Crippen LogP contribution in [0.3, 0.4) is 0 Å². The molecule has 0 saturated carbocycles. The molecular weight excluding hydrogens is 395 g/mol. The molecule has 0 amide bonds. The molecule has 1 aromatic rings. The SMILES string of the molecule is CCNC(=NCc1nnc2n1CCC2)NCC1CCCO1.I. The van der Waals surface area contributed by atoms with Crippen LogP contribution >= 0.6 is 24.0 Å². The van der Waals surface area contributed by atoms with E-state index in [1.54, 1.807) is 0 Å². The van der Waals surface area contributed by atoms with Gasteiger partial charge < -0.3 is 19.9 Å². The number of nitrogens with one attached hydrogen (secondary N) is 2. The van der Waals surface area contributed by atoms with Crippen LogP contribution < -0.4 is 10.6 Å². The Kier molecular flexibility index (Phi) is 6.87. The van der Waals surface area contributed by atoms with Crippen LogP contribution in [-0.2, 0) is 24.2 Å². The number of nitrogens with zero attached hydrogens (tertiary/aromatic N) is 4. The first-order chi connectivity index (χ1) is 10.4. The summed E-state index contributed by atoms with van der Waals surface area (Å²) in [6.45, 7) is 6.18. The van der Waals surface area contributed by atoms with E-state index in [1.165, 1.54) is 6.42 Å². The van der Waals surface area contributed by atoms with Crippen LogP contribution in [0.15, 0.2) is 4.99 Å². The van der Waals surface area contributed by atoms with E-state index >= 15 is 0 Å². The second-order valence-corrected chi connectivity index (χ2v) is 5.50. The van der Waals surface area contributed by atoms with E-state index in [0.717, 1.165) is 63.1 Å². The summed E-state index contributed by atoms with van der Waals surface area (Å²) in [5, 5.41) is 15.1. The van der Waals surface area contributed by atoms with E-state index in [0.29, 0.717) is 12.6 Å². The Balaban J connectivity index is 0.00000176. The number of aryl methyl sites for hydroxylation is 1. The first-order valence-electron chi connectivity index (χ1n) is 7.91. The van der Waals surface area contributed by atoms with E-state index in [1.807, 2.05) is 0 Å². The molecule has 3 rings (SSSR count). The van der Waals surface area contributed by atoms with Crippen molar-refractivity contribution in [1.29, 1.82) is 0 Å². The van der Waals surface area contributed by atoms with Gasteiger partial charge >= 0.3 is 0 Å². The quantitative estimate of drug-likeness (QED) is 0.424. The van der Waals surface area contributed by atoms with Gasteiger partial charge in [0.25, 0.3) is 0 Å². The normalized spacial score (nSPS) is 20.6. The third-order valence-electron chi connectivity index (χ3n) is 3.93. The lowest BCUT2D eigenvalue weighted by Gasteiger charge is -2.14. The van der Waals surface area contributed by atoms with Crippen LogP contribution in [0.2, 0.25) is 0 Å². The highest BCUT2D eigenvalue weighted by Gasteiger charge is 2.17. The van der Waals surface area contributed by atoms with E-state index in [2.05, 4.69) is 37.3 Å². The second-order valence-electron chi connectivity index (χ2n) is 5.50. The number of halogens is 1. The molecule has 0 aromatic carbocycles. The number of rotatable bonds is 5. The van der Waals surface area contributed by atoms with Crippen LogP contribution in [0.5, 0.6) is 0 Å². The minimum atomic E-state index is 0. The summed E-state index contributed by atoms with van der Waals surface area (Å²) in [4.78, 5) is 4.61. The van der Waals surface area contributed by atoms with Gasteiger partial charge in [-0.15, -0.1) is 34.2 Å². The third-order valence-corrected chi connectivity index (χ3v) is 3.93. The summed E-state index contributed by atoms with van der Waals surface area (Å²) in [5.41, 5.74) is 0. The highest BCUT2D eigenvalue weighted by atomic mass is 127. The van der Waals surface area contributed by atoms with Crippen LogP contribution in [0.1, 0.15) is 37.8 Å². The number of hydrogen-bond donors (Lipinski definition) is 2. The van der Waals surface area contributed by atoms with Crippen molar-refractivity contribution in [3.8, 4) is 0 Å².